The quantitative estimate of drug-likeness (QED) is 0.602. The van der Waals surface area contributed by atoms with Gasteiger partial charge in [0, 0.05) is 12.6 Å². The van der Waals surface area contributed by atoms with E-state index in [1.165, 1.54) is 4.90 Å². The highest BCUT2D eigenvalue weighted by Crippen LogP contribution is 2.40. The predicted molar refractivity (Wildman–Crippen MR) is 97.5 cm³/mol. The zero-order valence-corrected chi connectivity index (χ0v) is 16.1. The van der Waals surface area contributed by atoms with Crippen LogP contribution in [0.4, 0.5) is 19.3 Å². The van der Waals surface area contributed by atoms with Gasteiger partial charge < -0.3 is 10.1 Å². The van der Waals surface area contributed by atoms with Gasteiger partial charge in [-0.25, -0.2) is 13.6 Å². The smallest absolute Gasteiger partial charge is 0.411 e. The van der Waals surface area contributed by atoms with Gasteiger partial charge in [-0.1, -0.05) is 17.7 Å². The average Bonchev–Trinajstić information content (AvgIpc) is 3.29. The van der Waals surface area contributed by atoms with Crippen molar-refractivity contribution in [2.75, 3.05) is 11.9 Å². The molecule has 1 N–H and O–H groups in total. The van der Waals surface area contributed by atoms with Gasteiger partial charge in [-0.2, -0.15) is 0 Å². The first kappa shape index (κ1) is 19.6. The van der Waals surface area contributed by atoms with Crippen molar-refractivity contribution >= 4 is 29.3 Å². The number of hydrogen-bond donors (Lipinski definition) is 1. The van der Waals surface area contributed by atoms with E-state index in [2.05, 4.69) is 5.32 Å². The lowest BCUT2D eigenvalue weighted by atomic mass is 10.1. The number of carbonyl (C=O) groups excluding carboxylic acids is 2. The third kappa shape index (κ3) is 4.58. The first-order chi connectivity index (χ1) is 12.5. The topological polar surface area (TPSA) is 58.6 Å². The predicted octanol–water partition coefficient (Wildman–Crippen LogP) is 4.51. The van der Waals surface area contributed by atoms with Gasteiger partial charge in [0.15, 0.2) is 0 Å². The Balaban J connectivity index is 1.81. The Kier molecular flexibility index (Phi) is 5.16. The first-order valence-electron chi connectivity index (χ1n) is 8.71. The van der Waals surface area contributed by atoms with Crippen LogP contribution >= 0.6 is 11.6 Å². The molecule has 2 aliphatic rings. The van der Waals surface area contributed by atoms with Crippen LogP contribution in [0, 0.1) is 17.6 Å². The summed E-state index contributed by atoms with van der Waals surface area (Å²) in [6, 6.07) is 0.671. The van der Waals surface area contributed by atoms with Gasteiger partial charge in [0.05, 0.1) is 10.7 Å². The summed E-state index contributed by atoms with van der Waals surface area (Å²) < 4.78 is 32.6. The highest BCUT2D eigenvalue weighted by atomic mass is 35.5. The Hall–Kier alpha value is -2.15. The van der Waals surface area contributed by atoms with Crippen molar-refractivity contribution in [1.29, 1.82) is 0 Å². The third-order valence-corrected chi connectivity index (χ3v) is 4.62. The molecule has 1 saturated carbocycles. The molecule has 1 heterocycles. The summed E-state index contributed by atoms with van der Waals surface area (Å²) in [6.07, 6.45) is 3.14. The molecule has 0 unspecified atom stereocenters. The summed E-state index contributed by atoms with van der Waals surface area (Å²) in [5.41, 5.74) is 0.0410. The number of benzene rings is 1. The summed E-state index contributed by atoms with van der Waals surface area (Å²) in [5, 5.41) is 2.08. The molecule has 0 radical (unpaired) electrons. The molecule has 146 valence electrons. The maximum Gasteiger partial charge on any atom is 0.411 e. The van der Waals surface area contributed by atoms with Gasteiger partial charge in [0.25, 0.3) is 5.91 Å². The SMILES string of the molecule is CC(C)(C)OC(=O)N1CC(C2CC2)=C[C@H]1C(=O)Nc1cc(Cl)c(F)cc1F. The maximum absolute atomic E-state index is 13.9. The lowest BCUT2D eigenvalue weighted by molar-refractivity contribution is -0.119. The molecule has 1 aliphatic heterocycles. The Labute approximate surface area is 161 Å². The van der Waals surface area contributed by atoms with E-state index in [-0.39, 0.29) is 10.7 Å². The third-order valence-electron chi connectivity index (χ3n) is 4.33. The number of rotatable bonds is 3. The second-order valence-electron chi connectivity index (χ2n) is 7.80. The summed E-state index contributed by atoms with van der Waals surface area (Å²) in [7, 11) is 0. The van der Waals surface area contributed by atoms with Crippen LogP contribution in [0.15, 0.2) is 23.8 Å². The molecule has 3 rings (SSSR count). The van der Waals surface area contributed by atoms with Gasteiger partial charge in [0.2, 0.25) is 0 Å². The van der Waals surface area contributed by atoms with Crippen molar-refractivity contribution in [3.05, 3.63) is 40.4 Å². The molecule has 1 aliphatic carbocycles. The molecule has 1 aromatic carbocycles. The van der Waals surface area contributed by atoms with Crippen LogP contribution < -0.4 is 5.32 Å². The highest BCUT2D eigenvalue weighted by Gasteiger charge is 2.40. The van der Waals surface area contributed by atoms with Gasteiger partial charge in [-0.05, 0) is 51.2 Å². The molecular formula is C19H21ClF2N2O3. The molecular weight excluding hydrogens is 378 g/mol. The second kappa shape index (κ2) is 7.11. The fourth-order valence-electron chi connectivity index (χ4n) is 2.90. The van der Waals surface area contributed by atoms with E-state index < -0.39 is 35.3 Å². The zero-order chi connectivity index (χ0) is 19.9. The number of nitrogens with one attached hydrogen (secondary N) is 1. The Morgan fingerprint density at radius 3 is 2.48 bits per heavy atom. The minimum Gasteiger partial charge on any atom is -0.444 e. The van der Waals surface area contributed by atoms with Crippen LogP contribution in [-0.4, -0.2) is 35.1 Å². The molecule has 27 heavy (non-hydrogen) atoms. The van der Waals surface area contributed by atoms with Crippen molar-refractivity contribution in [3.63, 3.8) is 0 Å². The minimum atomic E-state index is -0.946. The molecule has 8 heteroatoms. The molecule has 1 fully saturated rings. The van der Waals surface area contributed by atoms with Crippen molar-refractivity contribution < 1.29 is 23.1 Å². The summed E-state index contributed by atoms with van der Waals surface area (Å²) in [4.78, 5) is 26.6. The van der Waals surface area contributed by atoms with Crippen molar-refractivity contribution in [3.8, 4) is 0 Å². The van der Waals surface area contributed by atoms with E-state index in [1.807, 2.05) is 0 Å². The summed E-state index contributed by atoms with van der Waals surface area (Å²) in [5.74, 6) is -2.11. The van der Waals surface area contributed by atoms with E-state index in [0.29, 0.717) is 18.5 Å². The summed E-state index contributed by atoms with van der Waals surface area (Å²) in [6.45, 7) is 5.51. The molecule has 5 nitrogen and oxygen atoms in total. The number of amides is 2. The zero-order valence-electron chi connectivity index (χ0n) is 15.3. The second-order valence-corrected chi connectivity index (χ2v) is 8.21. The number of carbonyl (C=O) groups is 2. The van der Waals surface area contributed by atoms with Crippen LogP contribution in [0.5, 0.6) is 0 Å². The highest BCUT2D eigenvalue weighted by molar-refractivity contribution is 6.31. The van der Waals surface area contributed by atoms with Gasteiger partial charge in [0.1, 0.15) is 23.3 Å². The monoisotopic (exact) mass is 398 g/mol. The Bertz CT molecular complexity index is 816. The van der Waals surface area contributed by atoms with Crippen molar-refractivity contribution in [2.45, 2.75) is 45.3 Å². The van der Waals surface area contributed by atoms with E-state index in [0.717, 1.165) is 24.5 Å². The van der Waals surface area contributed by atoms with Crippen LogP contribution in [-0.2, 0) is 9.53 Å². The number of anilines is 1. The molecule has 0 spiro atoms. The van der Waals surface area contributed by atoms with Crippen LogP contribution in [0.3, 0.4) is 0 Å². The van der Waals surface area contributed by atoms with E-state index in [4.69, 9.17) is 16.3 Å². The fraction of sp³-hybridized carbons (Fsp3) is 0.474. The van der Waals surface area contributed by atoms with E-state index in [1.54, 1.807) is 26.8 Å². The molecule has 1 atom stereocenters. The van der Waals surface area contributed by atoms with Gasteiger partial charge in [-0.3, -0.25) is 9.69 Å². The largest absolute Gasteiger partial charge is 0.444 e. The number of hydrogen-bond acceptors (Lipinski definition) is 3. The molecule has 0 aromatic heterocycles. The van der Waals surface area contributed by atoms with Crippen LogP contribution in [0.2, 0.25) is 5.02 Å². The lowest BCUT2D eigenvalue weighted by Gasteiger charge is -2.28. The number of nitrogens with zero attached hydrogens (tertiary/aromatic N) is 1. The molecule has 0 bridgehead atoms. The number of ether oxygens (including phenoxy) is 1. The van der Waals surface area contributed by atoms with E-state index >= 15 is 0 Å². The normalized spacial score (nSPS) is 19.7. The van der Waals surface area contributed by atoms with Gasteiger partial charge in [-0.15, -0.1) is 0 Å². The maximum atomic E-state index is 13.9. The van der Waals surface area contributed by atoms with Crippen LogP contribution in [0.1, 0.15) is 33.6 Å². The lowest BCUT2D eigenvalue weighted by Crippen LogP contribution is -2.46. The average molecular weight is 399 g/mol. The fourth-order valence-corrected chi connectivity index (χ4v) is 3.06. The molecule has 2 amide bonds. The first-order valence-corrected chi connectivity index (χ1v) is 9.08. The van der Waals surface area contributed by atoms with Crippen molar-refractivity contribution in [1.82, 2.24) is 4.90 Å². The van der Waals surface area contributed by atoms with Gasteiger partial charge >= 0.3 is 6.09 Å². The minimum absolute atomic E-state index is 0.246. The van der Waals surface area contributed by atoms with Crippen LogP contribution in [0.25, 0.3) is 0 Å². The molecule has 0 saturated heterocycles. The standard InChI is InChI=1S/C19H21ClF2N2O3/c1-19(2,3)27-18(26)24-9-11(10-4-5-10)6-16(24)17(25)23-15-7-12(20)13(21)8-14(15)22/h6-8,10,16H,4-5,9H2,1-3H3,(H,23,25)/t16-/m0/s1. The Morgan fingerprint density at radius 2 is 1.89 bits per heavy atom. The Morgan fingerprint density at radius 1 is 1.22 bits per heavy atom. The van der Waals surface area contributed by atoms with Crippen molar-refractivity contribution in [2.24, 2.45) is 5.92 Å². The summed E-state index contributed by atoms with van der Waals surface area (Å²) >= 11 is 5.66. The van der Waals surface area contributed by atoms with E-state index in [9.17, 15) is 18.4 Å². The number of halogens is 3. The molecule has 1 aromatic rings.